The van der Waals surface area contributed by atoms with Crippen LogP contribution in [0.4, 0.5) is 0 Å². The van der Waals surface area contributed by atoms with Gasteiger partial charge in [0.05, 0.1) is 0 Å². The summed E-state index contributed by atoms with van der Waals surface area (Å²) in [6.07, 6.45) is 1.28. The van der Waals surface area contributed by atoms with Crippen LogP contribution in [0.25, 0.3) is 0 Å². The zero-order valence-corrected chi connectivity index (χ0v) is 10.9. The number of thioether (sulfide) groups is 1. The molecule has 1 aliphatic rings. The van der Waals surface area contributed by atoms with Crippen molar-refractivity contribution in [3.8, 4) is 0 Å². The topological polar surface area (TPSA) is 49.3 Å². The van der Waals surface area contributed by atoms with E-state index in [4.69, 9.17) is 11.6 Å². The molecule has 1 fully saturated rings. The zero-order valence-electron chi connectivity index (χ0n) is 9.28. The quantitative estimate of drug-likeness (QED) is 0.887. The average Bonchev–Trinajstić information content (AvgIpc) is 2.30. The number of carbonyl (C=O) groups is 1. The fourth-order valence-corrected chi connectivity index (χ4v) is 3.48. The van der Waals surface area contributed by atoms with Crippen LogP contribution < -0.4 is 5.32 Å². The third-order valence-corrected chi connectivity index (χ3v) is 4.61. The molecule has 0 aliphatic carbocycles. The van der Waals surface area contributed by atoms with Crippen LogP contribution in [0.5, 0.6) is 0 Å². The normalized spacial score (nSPS) is 18.9. The summed E-state index contributed by atoms with van der Waals surface area (Å²) < 4.78 is -0.712. The van der Waals surface area contributed by atoms with E-state index in [0.717, 1.165) is 18.0 Å². The van der Waals surface area contributed by atoms with Crippen molar-refractivity contribution in [2.75, 3.05) is 13.1 Å². The van der Waals surface area contributed by atoms with Gasteiger partial charge in [0.1, 0.15) is 4.75 Å². The number of halogens is 1. The first-order valence-electron chi connectivity index (χ1n) is 5.51. The lowest BCUT2D eigenvalue weighted by atomic mass is 9.97. The molecule has 1 saturated heterocycles. The Morgan fingerprint density at radius 3 is 2.71 bits per heavy atom. The highest BCUT2D eigenvalue weighted by Gasteiger charge is 2.40. The van der Waals surface area contributed by atoms with Crippen LogP contribution in [0.15, 0.2) is 29.2 Å². The lowest BCUT2D eigenvalue weighted by molar-refractivity contribution is -0.140. The van der Waals surface area contributed by atoms with Crippen LogP contribution in [0.1, 0.15) is 12.8 Å². The van der Waals surface area contributed by atoms with Crippen LogP contribution in [0.2, 0.25) is 5.02 Å². The molecular formula is C12H14ClNO2S. The van der Waals surface area contributed by atoms with Gasteiger partial charge in [-0.2, -0.15) is 0 Å². The van der Waals surface area contributed by atoms with Crippen molar-refractivity contribution in [1.29, 1.82) is 0 Å². The maximum Gasteiger partial charge on any atom is 0.320 e. The van der Waals surface area contributed by atoms with Crippen LogP contribution in [-0.4, -0.2) is 28.9 Å². The summed E-state index contributed by atoms with van der Waals surface area (Å²) in [7, 11) is 0. The number of carboxylic acid groups (broad SMARTS) is 1. The van der Waals surface area contributed by atoms with Gasteiger partial charge in [0.25, 0.3) is 0 Å². The fraction of sp³-hybridized carbons (Fsp3) is 0.417. The molecule has 1 aromatic carbocycles. The van der Waals surface area contributed by atoms with Crippen molar-refractivity contribution in [2.45, 2.75) is 22.5 Å². The number of nitrogens with one attached hydrogen (secondary N) is 1. The largest absolute Gasteiger partial charge is 0.480 e. The Hall–Kier alpha value is -0.710. The smallest absolute Gasteiger partial charge is 0.320 e. The van der Waals surface area contributed by atoms with Gasteiger partial charge in [-0.3, -0.25) is 4.79 Å². The minimum absolute atomic E-state index is 0.638. The van der Waals surface area contributed by atoms with Gasteiger partial charge in [0.15, 0.2) is 0 Å². The Bertz CT molecular complexity index is 419. The first-order chi connectivity index (χ1) is 8.12. The van der Waals surface area contributed by atoms with Crippen molar-refractivity contribution in [2.24, 2.45) is 0 Å². The summed E-state index contributed by atoms with van der Waals surface area (Å²) in [5, 5.41) is 13.3. The van der Waals surface area contributed by atoms with Crippen LogP contribution in [0.3, 0.4) is 0 Å². The van der Waals surface area contributed by atoms with E-state index in [-0.39, 0.29) is 0 Å². The molecule has 3 nitrogen and oxygen atoms in total. The second-order valence-electron chi connectivity index (χ2n) is 4.11. The highest BCUT2D eigenvalue weighted by Crippen LogP contribution is 2.40. The molecule has 17 heavy (non-hydrogen) atoms. The molecule has 2 rings (SSSR count). The Morgan fingerprint density at radius 1 is 1.41 bits per heavy atom. The monoisotopic (exact) mass is 271 g/mol. The summed E-state index contributed by atoms with van der Waals surface area (Å²) in [4.78, 5) is 12.4. The first kappa shape index (κ1) is 12.7. The van der Waals surface area contributed by atoms with Crippen LogP contribution >= 0.6 is 23.4 Å². The number of rotatable bonds is 3. The number of aliphatic carboxylic acids is 1. The van der Waals surface area contributed by atoms with E-state index in [9.17, 15) is 9.90 Å². The lowest BCUT2D eigenvalue weighted by Gasteiger charge is -2.32. The first-order valence-corrected chi connectivity index (χ1v) is 6.71. The molecule has 0 amide bonds. The molecule has 92 valence electrons. The van der Waals surface area contributed by atoms with Gasteiger partial charge in [-0.15, -0.1) is 11.8 Å². The second kappa shape index (κ2) is 5.29. The Kier molecular flexibility index (Phi) is 3.97. The van der Waals surface area contributed by atoms with Gasteiger partial charge >= 0.3 is 5.97 Å². The molecule has 1 aromatic rings. The maximum atomic E-state index is 11.5. The Labute approximate surface area is 110 Å². The van der Waals surface area contributed by atoms with Gasteiger partial charge in [-0.05, 0) is 44.1 Å². The fourth-order valence-electron chi connectivity index (χ4n) is 1.95. The number of hydrogen-bond donors (Lipinski definition) is 2. The van der Waals surface area contributed by atoms with E-state index >= 15 is 0 Å². The number of carboxylic acids is 1. The highest BCUT2D eigenvalue weighted by molar-refractivity contribution is 8.01. The van der Waals surface area contributed by atoms with Gasteiger partial charge in [0, 0.05) is 9.92 Å². The molecule has 5 heteroatoms. The molecule has 0 saturated carbocycles. The summed E-state index contributed by atoms with van der Waals surface area (Å²) in [5.41, 5.74) is 0. The van der Waals surface area contributed by atoms with E-state index in [1.165, 1.54) is 11.8 Å². The summed E-state index contributed by atoms with van der Waals surface area (Å²) in [6.45, 7) is 1.50. The van der Waals surface area contributed by atoms with Gasteiger partial charge in [-0.1, -0.05) is 17.7 Å². The van der Waals surface area contributed by atoms with Gasteiger partial charge < -0.3 is 10.4 Å². The number of benzene rings is 1. The number of hydrogen-bond acceptors (Lipinski definition) is 3. The third kappa shape index (κ3) is 2.94. The van der Waals surface area contributed by atoms with E-state index < -0.39 is 10.7 Å². The third-order valence-electron chi connectivity index (χ3n) is 2.91. The van der Waals surface area contributed by atoms with Crippen molar-refractivity contribution < 1.29 is 9.90 Å². The summed E-state index contributed by atoms with van der Waals surface area (Å²) in [6, 6.07) is 7.37. The second-order valence-corrected chi connectivity index (χ2v) is 6.00. The predicted molar refractivity (Wildman–Crippen MR) is 69.8 cm³/mol. The molecule has 0 atom stereocenters. The molecule has 0 spiro atoms. The van der Waals surface area contributed by atoms with E-state index in [1.54, 1.807) is 6.07 Å². The molecule has 1 heterocycles. The molecule has 1 aliphatic heterocycles. The van der Waals surface area contributed by atoms with Crippen LogP contribution in [-0.2, 0) is 4.79 Å². The summed E-state index contributed by atoms with van der Waals surface area (Å²) in [5.74, 6) is -0.732. The Morgan fingerprint density at radius 2 is 2.12 bits per heavy atom. The molecule has 0 aromatic heterocycles. The molecule has 0 radical (unpaired) electrons. The Balaban J connectivity index is 2.20. The standard InChI is InChI=1S/C12H14ClNO2S/c13-9-2-1-3-10(8-9)17-12(11(15)16)4-6-14-7-5-12/h1-3,8,14H,4-7H2,(H,15,16). The number of piperidine rings is 1. The van der Waals surface area contributed by atoms with Gasteiger partial charge in [0.2, 0.25) is 0 Å². The molecule has 0 unspecified atom stereocenters. The molecular weight excluding hydrogens is 258 g/mol. The van der Waals surface area contributed by atoms with Crippen molar-refractivity contribution >= 4 is 29.3 Å². The van der Waals surface area contributed by atoms with Crippen molar-refractivity contribution in [3.63, 3.8) is 0 Å². The highest BCUT2D eigenvalue weighted by atomic mass is 35.5. The van der Waals surface area contributed by atoms with Crippen molar-refractivity contribution in [1.82, 2.24) is 5.32 Å². The van der Waals surface area contributed by atoms with Crippen molar-refractivity contribution in [3.05, 3.63) is 29.3 Å². The van der Waals surface area contributed by atoms with Gasteiger partial charge in [-0.25, -0.2) is 0 Å². The van der Waals surface area contributed by atoms with E-state index in [2.05, 4.69) is 5.32 Å². The minimum Gasteiger partial charge on any atom is -0.480 e. The maximum absolute atomic E-state index is 11.5. The van der Waals surface area contributed by atoms with E-state index in [0.29, 0.717) is 17.9 Å². The molecule has 2 N–H and O–H groups in total. The molecule has 0 bridgehead atoms. The van der Waals surface area contributed by atoms with E-state index in [1.807, 2.05) is 18.2 Å². The predicted octanol–water partition coefficient (Wildman–Crippen LogP) is 2.64. The summed E-state index contributed by atoms with van der Waals surface area (Å²) >= 11 is 7.32. The van der Waals surface area contributed by atoms with Crippen LogP contribution in [0, 0.1) is 0 Å². The average molecular weight is 272 g/mol. The zero-order chi connectivity index (χ0) is 12.3. The minimum atomic E-state index is -0.732. The SMILES string of the molecule is O=C(O)C1(Sc2cccc(Cl)c2)CCNCC1. The lowest BCUT2D eigenvalue weighted by Crippen LogP contribution is -2.45.